The lowest BCUT2D eigenvalue weighted by molar-refractivity contribution is -0.205. The summed E-state index contributed by atoms with van der Waals surface area (Å²) in [4.78, 5) is 5.70. The van der Waals surface area contributed by atoms with Crippen LogP contribution in [0.3, 0.4) is 0 Å². The predicted molar refractivity (Wildman–Crippen MR) is 72.5 cm³/mol. The van der Waals surface area contributed by atoms with E-state index in [-0.39, 0.29) is 17.3 Å². The van der Waals surface area contributed by atoms with Crippen LogP contribution in [0, 0.1) is 11.2 Å². The first-order chi connectivity index (χ1) is 8.34. The van der Waals surface area contributed by atoms with Crippen molar-refractivity contribution in [1.29, 1.82) is 0 Å². The molecule has 0 N–H and O–H groups in total. The van der Waals surface area contributed by atoms with Crippen molar-refractivity contribution in [2.24, 2.45) is 5.41 Å². The molecule has 1 atom stereocenters. The molecule has 0 fully saturated rings. The van der Waals surface area contributed by atoms with Crippen LogP contribution in [0.5, 0.6) is 0 Å². The molecule has 0 radical (unpaired) electrons. The highest BCUT2D eigenvalue weighted by Gasteiger charge is 2.27. The molecule has 102 valence electrons. The first-order valence-electron chi connectivity index (χ1n) is 6.48. The summed E-state index contributed by atoms with van der Waals surface area (Å²) in [6, 6.07) is 6.86. The smallest absolute Gasteiger partial charge is 0.123 e. The number of halogens is 1. The van der Waals surface area contributed by atoms with E-state index in [2.05, 4.69) is 27.7 Å². The molecular formula is C15H24FNO. The van der Waals surface area contributed by atoms with Crippen LogP contribution < -0.4 is 0 Å². The van der Waals surface area contributed by atoms with Gasteiger partial charge in [0.1, 0.15) is 5.82 Å². The number of hydrogen-bond donors (Lipinski definition) is 0. The second kappa shape index (κ2) is 6.30. The summed E-state index contributed by atoms with van der Waals surface area (Å²) in [5.41, 5.74) is 1.19. The average Bonchev–Trinajstić information content (AvgIpc) is 2.29. The highest BCUT2D eigenvalue weighted by atomic mass is 19.1. The molecule has 0 saturated carbocycles. The molecule has 0 aromatic heterocycles. The van der Waals surface area contributed by atoms with E-state index in [4.69, 9.17) is 4.84 Å². The fourth-order valence-electron chi connectivity index (χ4n) is 1.66. The van der Waals surface area contributed by atoms with Gasteiger partial charge in [-0.3, -0.25) is 4.84 Å². The van der Waals surface area contributed by atoms with Crippen molar-refractivity contribution >= 4 is 0 Å². The van der Waals surface area contributed by atoms with Gasteiger partial charge in [0.05, 0.1) is 6.61 Å². The highest BCUT2D eigenvalue weighted by molar-refractivity contribution is 5.15. The van der Waals surface area contributed by atoms with Crippen LogP contribution in [-0.2, 0) is 11.4 Å². The van der Waals surface area contributed by atoms with Crippen molar-refractivity contribution in [2.75, 3.05) is 6.61 Å². The summed E-state index contributed by atoms with van der Waals surface area (Å²) >= 11 is 0. The second-order valence-corrected chi connectivity index (χ2v) is 5.66. The Morgan fingerprint density at radius 3 is 2.22 bits per heavy atom. The SMILES string of the molecule is CCON(Cc1ccc(F)cc1)C(C)C(C)(C)C. The van der Waals surface area contributed by atoms with Gasteiger partial charge < -0.3 is 0 Å². The van der Waals surface area contributed by atoms with Gasteiger partial charge in [0.15, 0.2) is 0 Å². The third kappa shape index (κ3) is 4.39. The third-order valence-electron chi connectivity index (χ3n) is 3.23. The Morgan fingerprint density at radius 2 is 1.78 bits per heavy atom. The first kappa shape index (κ1) is 15.1. The lowest BCUT2D eigenvalue weighted by Gasteiger charge is -2.36. The predicted octanol–water partition coefficient (Wildman–Crippen LogP) is 4.01. The molecule has 0 aliphatic carbocycles. The monoisotopic (exact) mass is 253 g/mol. The van der Waals surface area contributed by atoms with Crippen LogP contribution in [0.4, 0.5) is 4.39 Å². The molecule has 0 amide bonds. The summed E-state index contributed by atoms with van der Waals surface area (Å²) in [5.74, 6) is -0.203. The Hall–Kier alpha value is -0.930. The molecule has 2 nitrogen and oxygen atoms in total. The first-order valence-corrected chi connectivity index (χ1v) is 6.48. The van der Waals surface area contributed by atoms with E-state index in [0.29, 0.717) is 13.2 Å². The Labute approximate surface area is 110 Å². The van der Waals surface area contributed by atoms with Crippen LogP contribution in [0.2, 0.25) is 0 Å². The second-order valence-electron chi connectivity index (χ2n) is 5.66. The van der Waals surface area contributed by atoms with Crippen LogP contribution in [-0.4, -0.2) is 17.7 Å². The lowest BCUT2D eigenvalue weighted by Crippen LogP contribution is -2.41. The summed E-state index contributed by atoms with van der Waals surface area (Å²) in [7, 11) is 0. The molecule has 0 heterocycles. The topological polar surface area (TPSA) is 12.5 Å². The number of rotatable bonds is 5. The largest absolute Gasteiger partial charge is 0.299 e. The Kier molecular flexibility index (Phi) is 5.29. The highest BCUT2D eigenvalue weighted by Crippen LogP contribution is 2.25. The molecule has 0 aliphatic heterocycles. The maximum absolute atomic E-state index is 12.9. The molecule has 1 aromatic carbocycles. The van der Waals surface area contributed by atoms with Crippen LogP contribution in [0.25, 0.3) is 0 Å². The van der Waals surface area contributed by atoms with Gasteiger partial charge in [0.25, 0.3) is 0 Å². The van der Waals surface area contributed by atoms with Gasteiger partial charge in [0.2, 0.25) is 0 Å². The van der Waals surface area contributed by atoms with Gasteiger partial charge >= 0.3 is 0 Å². The van der Waals surface area contributed by atoms with Crippen LogP contribution in [0.1, 0.15) is 40.2 Å². The number of benzene rings is 1. The van der Waals surface area contributed by atoms with E-state index in [1.807, 2.05) is 12.0 Å². The van der Waals surface area contributed by atoms with E-state index >= 15 is 0 Å². The standard InChI is InChI=1S/C15H24FNO/c1-6-18-17(12(2)15(3,4)5)11-13-7-9-14(16)10-8-13/h7-10,12H,6,11H2,1-5H3. The summed E-state index contributed by atoms with van der Waals surface area (Å²) in [5, 5.41) is 1.98. The van der Waals surface area contributed by atoms with Gasteiger partial charge in [0, 0.05) is 12.6 Å². The summed E-state index contributed by atoms with van der Waals surface area (Å²) < 4.78 is 12.9. The molecule has 0 saturated heterocycles. The minimum Gasteiger partial charge on any atom is -0.299 e. The molecule has 1 rings (SSSR count). The van der Waals surface area contributed by atoms with Gasteiger partial charge in [-0.25, -0.2) is 4.39 Å². The van der Waals surface area contributed by atoms with Crippen molar-refractivity contribution < 1.29 is 9.23 Å². The van der Waals surface area contributed by atoms with E-state index in [0.717, 1.165) is 5.56 Å². The summed E-state index contributed by atoms with van der Waals surface area (Å²) in [6.07, 6.45) is 0. The molecular weight excluding hydrogens is 229 g/mol. The van der Waals surface area contributed by atoms with Crippen molar-refractivity contribution in [3.05, 3.63) is 35.6 Å². The van der Waals surface area contributed by atoms with Crippen LogP contribution in [0.15, 0.2) is 24.3 Å². The zero-order chi connectivity index (χ0) is 13.8. The van der Waals surface area contributed by atoms with E-state index in [9.17, 15) is 4.39 Å². The van der Waals surface area contributed by atoms with E-state index in [1.54, 1.807) is 12.1 Å². The average molecular weight is 253 g/mol. The minimum atomic E-state index is -0.203. The normalized spacial score (nSPS) is 13.9. The quantitative estimate of drug-likeness (QED) is 0.735. The van der Waals surface area contributed by atoms with Gasteiger partial charge in [-0.05, 0) is 37.0 Å². The zero-order valence-corrected chi connectivity index (χ0v) is 12.0. The van der Waals surface area contributed by atoms with Gasteiger partial charge in [-0.15, -0.1) is 0 Å². The fraction of sp³-hybridized carbons (Fsp3) is 0.600. The Bertz CT molecular complexity index is 356. The van der Waals surface area contributed by atoms with Crippen molar-refractivity contribution in [1.82, 2.24) is 5.06 Å². The van der Waals surface area contributed by atoms with E-state index in [1.165, 1.54) is 12.1 Å². The molecule has 0 bridgehead atoms. The van der Waals surface area contributed by atoms with Crippen molar-refractivity contribution in [2.45, 2.75) is 47.2 Å². The molecule has 0 spiro atoms. The van der Waals surface area contributed by atoms with Gasteiger partial charge in [-0.2, -0.15) is 5.06 Å². The molecule has 0 aliphatic rings. The molecule has 1 aromatic rings. The Morgan fingerprint density at radius 1 is 1.22 bits per heavy atom. The molecule has 3 heteroatoms. The van der Waals surface area contributed by atoms with Crippen LogP contribution >= 0.6 is 0 Å². The van der Waals surface area contributed by atoms with E-state index < -0.39 is 0 Å². The Balaban J connectivity index is 2.77. The fourth-order valence-corrected chi connectivity index (χ4v) is 1.66. The van der Waals surface area contributed by atoms with Crippen molar-refractivity contribution in [3.8, 4) is 0 Å². The number of nitrogens with zero attached hydrogens (tertiary/aromatic N) is 1. The number of hydroxylamine groups is 2. The zero-order valence-electron chi connectivity index (χ0n) is 12.0. The third-order valence-corrected chi connectivity index (χ3v) is 3.23. The maximum Gasteiger partial charge on any atom is 0.123 e. The number of hydrogen-bond acceptors (Lipinski definition) is 2. The molecule has 18 heavy (non-hydrogen) atoms. The van der Waals surface area contributed by atoms with Crippen molar-refractivity contribution in [3.63, 3.8) is 0 Å². The minimum absolute atomic E-state index is 0.134. The van der Waals surface area contributed by atoms with Gasteiger partial charge in [-0.1, -0.05) is 32.9 Å². The summed E-state index contributed by atoms with van der Waals surface area (Å²) in [6.45, 7) is 12.0. The maximum atomic E-state index is 12.9. The lowest BCUT2D eigenvalue weighted by atomic mass is 9.87. The molecule has 1 unspecified atom stereocenters.